The van der Waals surface area contributed by atoms with E-state index in [4.69, 9.17) is 5.26 Å². The van der Waals surface area contributed by atoms with E-state index in [2.05, 4.69) is 26.6 Å². The molecule has 2 aromatic rings. The van der Waals surface area contributed by atoms with Crippen molar-refractivity contribution in [2.45, 2.75) is 57.9 Å². The van der Waals surface area contributed by atoms with Gasteiger partial charge in [-0.3, -0.25) is 9.78 Å². The number of nitrogens with one attached hydrogen (secondary N) is 1. The summed E-state index contributed by atoms with van der Waals surface area (Å²) < 4.78 is 6.21. The first-order chi connectivity index (χ1) is 12.1. The molecule has 2 aliphatic carbocycles. The SMILES string of the molecule is C1CC1.CCC1CCC(n2cnc3c(=O)[nH]c(C#N)nc32)C1.COC. The standard InChI is InChI=1S/C13H15N5O.C3H6.C2H6O/c1-2-8-3-4-9(5-8)18-7-15-11-12(18)16-10(6-14)17-13(11)19;1-2-3-1;1-3-2/h7-9H,2-5H2,1H3,(H,16,17,19);1-3H2;1-2H3. The van der Waals surface area contributed by atoms with Crippen LogP contribution < -0.4 is 5.56 Å². The Hall–Kier alpha value is -2.20. The Morgan fingerprint density at radius 2 is 2.04 bits per heavy atom. The molecule has 2 fully saturated rings. The lowest BCUT2D eigenvalue weighted by Gasteiger charge is -2.12. The zero-order valence-corrected chi connectivity index (χ0v) is 15.3. The van der Waals surface area contributed by atoms with E-state index in [-0.39, 0.29) is 11.4 Å². The third-order valence-electron chi connectivity index (χ3n) is 4.38. The summed E-state index contributed by atoms with van der Waals surface area (Å²) in [6.07, 6.45) is 10.7. The first kappa shape index (κ1) is 19.1. The highest BCUT2D eigenvalue weighted by atomic mass is 16.4. The Labute approximate surface area is 148 Å². The smallest absolute Gasteiger partial charge is 0.279 e. The number of nitriles is 1. The van der Waals surface area contributed by atoms with Gasteiger partial charge in [0.05, 0.1) is 6.33 Å². The lowest BCUT2D eigenvalue weighted by atomic mass is 10.1. The zero-order valence-electron chi connectivity index (χ0n) is 15.3. The predicted octanol–water partition coefficient (Wildman–Crippen LogP) is 3.18. The summed E-state index contributed by atoms with van der Waals surface area (Å²) in [6.45, 7) is 2.20. The minimum absolute atomic E-state index is 0.0456. The maximum Gasteiger partial charge on any atom is 0.279 e. The van der Waals surface area contributed by atoms with Crippen LogP contribution in [0, 0.1) is 17.2 Å². The van der Waals surface area contributed by atoms with E-state index in [1.165, 1.54) is 32.1 Å². The van der Waals surface area contributed by atoms with Crippen LogP contribution in [0.25, 0.3) is 11.2 Å². The summed E-state index contributed by atoms with van der Waals surface area (Å²) in [5.74, 6) is 0.782. The van der Waals surface area contributed by atoms with Gasteiger partial charge in [0, 0.05) is 20.3 Å². The minimum Gasteiger partial charge on any atom is -0.388 e. The lowest BCUT2D eigenvalue weighted by molar-refractivity contribution is 0.277. The molecule has 2 aliphatic rings. The van der Waals surface area contributed by atoms with Gasteiger partial charge in [-0.2, -0.15) is 5.26 Å². The number of nitrogens with zero attached hydrogens (tertiary/aromatic N) is 4. The highest BCUT2D eigenvalue weighted by Gasteiger charge is 2.26. The quantitative estimate of drug-likeness (QED) is 0.901. The number of ether oxygens (including phenoxy) is 1. The molecule has 7 nitrogen and oxygen atoms in total. The predicted molar refractivity (Wildman–Crippen MR) is 96.3 cm³/mol. The number of aromatic nitrogens is 4. The van der Waals surface area contributed by atoms with Gasteiger partial charge in [0.1, 0.15) is 6.07 Å². The van der Waals surface area contributed by atoms with E-state index in [0.29, 0.717) is 17.2 Å². The molecule has 4 rings (SSSR count). The molecule has 25 heavy (non-hydrogen) atoms. The number of aromatic amines is 1. The normalized spacial score (nSPS) is 20.9. The molecule has 0 amide bonds. The summed E-state index contributed by atoms with van der Waals surface area (Å²) in [4.78, 5) is 22.5. The van der Waals surface area contributed by atoms with Crippen LogP contribution in [0.3, 0.4) is 0 Å². The van der Waals surface area contributed by atoms with Crippen LogP contribution in [-0.4, -0.2) is 33.7 Å². The monoisotopic (exact) mass is 345 g/mol. The second kappa shape index (κ2) is 9.33. The van der Waals surface area contributed by atoms with Crippen molar-refractivity contribution >= 4 is 11.2 Å². The van der Waals surface area contributed by atoms with Crippen molar-refractivity contribution in [2.75, 3.05) is 14.2 Å². The minimum atomic E-state index is -0.342. The van der Waals surface area contributed by atoms with Crippen molar-refractivity contribution in [3.8, 4) is 6.07 Å². The summed E-state index contributed by atoms with van der Waals surface area (Å²) >= 11 is 0. The van der Waals surface area contributed by atoms with Crippen molar-refractivity contribution in [3.63, 3.8) is 0 Å². The third kappa shape index (κ3) is 5.13. The summed E-state index contributed by atoms with van der Waals surface area (Å²) in [6, 6.07) is 2.22. The van der Waals surface area contributed by atoms with Gasteiger partial charge < -0.3 is 9.30 Å². The molecule has 0 saturated heterocycles. The fraction of sp³-hybridized carbons (Fsp3) is 0.667. The zero-order chi connectivity index (χ0) is 18.2. The van der Waals surface area contributed by atoms with Crippen LogP contribution in [0.2, 0.25) is 0 Å². The number of imidazole rings is 1. The van der Waals surface area contributed by atoms with E-state index in [0.717, 1.165) is 18.8 Å². The highest BCUT2D eigenvalue weighted by Crippen LogP contribution is 2.37. The molecule has 0 aliphatic heterocycles. The first-order valence-corrected chi connectivity index (χ1v) is 8.91. The summed E-state index contributed by atoms with van der Waals surface area (Å²) in [5, 5.41) is 8.88. The Kier molecular flexibility index (Phi) is 7.14. The molecule has 0 aromatic carbocycles. The van der Waals surface area contributed by atoms with E-state index >= 15 is 0 Å². The fourth-order valence-electron chi connectivity index (χ4n) is 2.92. The summed E-state index contributed by atoms with van der Waals surface area (Å²) in [7, 11) is 3.25. The van der Waals surface area contributed by atoms with Gasteiger partial charge in [-0.25, -0.2) is 9.97 Å². The van der Waals surface area contributed by atoms with Crippen LogP contribution in [-0.2, 0) is 4.74 Å². The van der Waals surface area contributed by atoms with Crippen molar-refractivity contribution in [3.05, 3.63) is 22.5 Å². The van der Waals surface area contributed by atoms with Crippen LogP contribution in [0.1, 0.15) is 63.7 Å². The molecule has 1 N–H and O–H groups in total. The van der Waals surface area contributed by atoms with Crippen molar-refractivity contribution in [1.82, 2.24) is 19.5 Å². The molecular formula is C18H27N5O2. The van der Waals surface area contributed by atoms with E-state index in [1.54, 1.807) is 20.5 Å². The molecule has 2 aromatic heterocycles. The van der Waals surface area contributed by atoms with Gasteiger partial charge in [-0.15, -0.1) is 0 Å². The molecule has 2 atom stereocenters. The second-order valence-corrected chi connectivity index (χ2v) is 6.56. The average Bonchev–Trinajstić information content (AvgIpc) is 3.31. The fourth-order valence-corrected chi connectivity index (χ4v) is 2.92. The number of hydrogen-bond donors (Lipinski definition) is 1. The second-order valence-electron chi connectivity index (χ2n) is 6.56. The number of rotatable bonds is 2. The van der Waals surface area contributed by atoms with E-state index in [9.17, 15) is 4.79 Å². The number of H-pyrrole nitrogens is 1. The molecule has 136 valence electrons. The molecule has 2 unspecified atom stereocenters. The number of methoxy groups -OCH3 is 1. The van der Waals surface area contributed by atoms with Gasteiger partial charge in [-0.05, 0) is 25.2 Å². The number of hydrogen-bond acceptors (Lipinski definition) is 5. The molecule has 2 saturated carbocycles. The largest absolute Gasteiger partial charge is 0.388 e. The Bertz CT molecular complexity index is 769. The molecular weight excluding hydrogens is 318 g/mol. The van der Waals surface area contributed by atoms with Crippen LogP contribution in [0.15, 0.2) is 11.1 Å². The Morgan fingerprint density at radius 1 is 1.36 bits per heavy atom. The van der Waals surface area contributed by atoms with Crippen LogP contribution >= 0.6 is 0 Å². The van der Waals surface area contributed by atoms with E-state index < -0.39 is 0 Å². The lowest BCUT2D eigenvalue weighted by Crippen LogP contribution is -2.12. The van der Waals surface area contributed by atoms with E-state index in [1.807, 2.05) is 10.6 Å². The molecule has 0 radical (unpaired) electrons. The van der Waals surface area contributed by atoms with Crippen LogP contribution in [0.5, 0.6) is 0 Å². The highest BCUT2D eigenvalue weighted by molar-refractivity contribution is 5.69. The van der Waals surface area contributed by atoms with Crippen molar-refractivity contribution in [1.29, 1.82) is 5.26 Å². The van der Waals surface area contributed by atoms with Crippen molar-refractivity contribution in [2.24, 2.45) is 5.92 Å². The first-order valence-electron chi connectivity index (χ1n) is 8.91. The summed E-state index contributed by atoms with van der Waals surface area (Å²) in [5.41, 5.74) is 0.506. The van der Waals surface area contributed by atoms with Gasteiger partial charge >= 0.3 is 0 Å². The molecule has 0 spiro atoms. The molecule has 2 heterocycles. The van der Waals surface area contributed by atoms with Crippen LogP contribution in [0.4, 0.5) is 0 Å². The average molecular weight is 345 g/mol. The van der Waals surface area contributed by atoms with Gasteiger partial charge in [0.25, 0.3) is 5.56 Å². The number of fused-ring (bicyclic) bond motifs is 1. The third-order valence-corrected chi connectivity index (χ3v) is 4.38. The Morgan fingerprint density at radius 3 is 2.56 bits per heavy atom. The molecule has 7 heteroatoms. The molecule has 0 bridgehead atoms. The maximum atomic E-state index is 11.8. The van der Waals surface area contributed by atoms with Crippen molar-refractivity contribution < 1.29 is 4.74 Å². The maximum absolute atomic E-state index is 11.8. The topological polar surface area (TPSA) is 96.6 Å². The van der Waals surface area contributed by atoms with Gasteiger partial charge in [0.2, 0.25) is 5.82 Å². The Balaban J connectivity index is 0.000000323. The van der Waals surface area contributed by atoms with Gasteiger partial charge in [-0.1, -0.05) is 32.6 Å². The van der Waals surface area contributed by atoms with Gasteiger partial charge in [0.15, 0.2) is 11.2 Å².